The molecule has 1 saturated heterocycles. The van der Waals surface area contributed by atoms with Crippen molar-refractivity contribution >= 4 is 11.8 Å². The van der Waals surface area contributed by atoms with E-state index in [9.17, 15) is 14.7 Å². The SMILES string of the molecule is COc1cc(C2C(=O)N(C3CCCCC3)CC(=O)N2Cc2ccccc2)ccc1O. The van der Waals surface area contributed by atoms with Gasteiger partial charge in [-0.25, -0.2) is 0 Å². The molecule has 0 aromatic heterocycles. The van der Waals surface area contributed by atoms with Crippen LogP contribution in [0.4, 0.5) is 0 Å². The van der Waals surface area contributed by atoms with E-state index in [1.54, 1.807) is 21.9 Å². The van der Waals surface area contributed by atoms with Crippen molar-refractivity contribution in [3.8, 4) is 11.5 Å². The van der Waals surface area contributed by atoms with E-state index < -0.39 is 6.04 Å². The quantitative estimate of drug-likeness (QED) is 0.820. The highest BCUT2D eigenvalue weighted by Crippen LogP contribution is 2.36. The second kappa shape index (κ2) is 8.78. The lowest BCUT2D eigenvalue weighted by atomic mass is 9.91. The first-order chi connectivity index (χ1) is 14.6. The number of methoxy groups -OCH3 is 1. The normalized spacial score (nSPS) is 20.5. The van der Waals surface area contributed by atoms with Crippen LogP contribution in [0, 0.1) is 0 Å². The number of rotatable bonds is 5. The molecule has 6 nitrogen and oxygen atoms in total. The van der Waals surface area contributed by atoms with E-state index in [0.29, 0.717) is 17.9 Å². The van der Waals surface area contributed by atoms with Crippen LogP contribution in [-0.4, -0.2) is 46.4 Å². The van der Waals surface area contributed by atoms with Crippen molar-refractivity contribution in [1.82, 2.24) is 9.80 Å². The molecule has 1 saturated carbocycles. The number of benzene rings is 2. The molecule has 1 aliphatic heterocycles. The van der Waals surface area contributed by atoms with Crippen molar-refractivity contribution in [2.24, 2.45) is 0 Å². The lowest BCUT2D eigenvalue weighted by Gasteiger charge is -2.44. The fourth-order valence-electron chi connectivity index (χ4n) is 4.60. The summed E-state index contributed by atoms with van der Waals surface area (Å²) in [7, 11) is 1.47. The molecule has 0 spiro atoms. The summed E-state index contributed by atoms with van der Waals surface area (Å²) in [4.78, 5) is 30.4. The van der Waals surface area contributed by atoms with E-state index in [4.69, 9.17) is 4.74 Å². The minimum absolute atomic E-state index is 0.00887. The van der Waals surface area contributed by atoms with Gasteiger partial charge in [0.15, 0.2) is 11.5 Å². The summed E-state index contributed by atoms with van der Waals surface area (Å²) in [5.41, 5.74) is 1.62. The number of carbonyl (C=O) groups is 2. The van der Waals surface area contributed by atoms with Gasteiger partial charge in [-0.15, -0.1) is 0 Å². The number of hydrogen-bond donors (Lipinski definition) is 1. The van der Waals surface area contributed by atoms with Gasteiger partial charge in [0, 0.05) is 12.6 Å². The predicted octanol–water partition coefficient (Wildman–Crippen LogP) is 3.65. The molecule has 2 amide bonds. The van der Waals surface area contributed by atoms with Crippen LogP contribution in [0.3, 0.4) is 0 Å². The Morgan fingerprint density at radius 3 is 2.47 bits per heavy atom. The maximum Gasteiger partial charge on any atom is 0.250 e. The fraction of sp³-hybridized carbons (Fsp3) is 0.417. The summed E-state index contributed by atoms with van der Waals surface area (Å²) >= 11 is 0. The van der Waals surface area contributed by atoms with Crippen molar-refractivity contribution in [3.05, 3.63) is 59.7 Å². The standard InChI is InChI=1S/C24H28N2O4/c1-30-21-14-18(12-13-20(21)27)23-24(29)25(19-10-6-3-7-11-19)16-22(28)26(23)15-17-8-4-2-5-9-17/h2,4-5,8-9,12-14,19,23,27H,3,6-7,10-11,15-16H2,1H3. The molecule has 1 aliphatic carbocycles. The molecule has 1 N–H and O–H groups in total. The topological polar surface area (TPSA) is 70.1 Å². The Balaban J connectivity index is 1.71. The van der Waals surface area contributed by atoms with Gasteiger partial charge in [-0.2, -0.15) is 0 Å². The molecule has 30 heavy (non-hydrogen) atoms. The molecule has 1 unspecified atom stereocenters. The number of nitrogens with zero attached hydrogens (tertiary/aromatic N) is 2. The lowest BCUT2D eigenvalue weighted by molar-refractivity contribution is -0.160. The summed E-state index contributed by atoms with van der Waals surface area (Å²) in [5, 5.41) is 10.0. The van der Waals surface area contributed by atoms with E-state index >= 15 is 0 Å². The van der Waals surface area contributed by atoms with Crippen LogP contribution in [0.15, 0.2) is 48.5 Å². The van der Waals surface area contributed by atoms with E-state index in [0.717, 1.165) is 31.2 Å². The van der Waals surface area contributed by atoms with Gasteiger partial charge in [0.05, 0.1) is 7.11 Å². The molecule has 4 rings (SSSR count). The van der Waals surface area contributed by atoms with Crippen molar-refractivity contribution in [3.63, 3.8) is 0 Å². The average Bonchev–Trinajstić information content (AvgIpc) is 2.78. The molecular weight excluding hydrogens is 380 g/mol. The largest absolute Gasteiger partial charge is 0.504 e. The predicted molar refractivity (Wildman–Crippen MR) is 113 cm³/mol. The molecule has 2 fully saturated rings. The third-order valence-corrected chi connectivity index (χ3v) is 6.19. The second-order valence-corrected chi connectivity index (χ2v) is 8.10. The molecule has 2 aromatic carbocycles. The Kier molecular flexibility index (Phi) is 5.93. The minimum atomic E-state index is -0.733. The average molecular weight is 408 g/mol. The Morgan fingerprint density at radius 1 is 1.03 bits per heavy atom. The molecule has 2 aromatic rings. The Morgan fingerprint density at radius 2 is 1.77 bits per heavy atom. The number of phenols is 1. The Bertz CT molecular complexity index is 909. The van der Waals surface area contributed by atoms with Gasteiger partial charge in [0.2, 0.25) is 5.91 Å². The van der Waals surface area contributed by atoms with Crippen molar-refractivity contribution in [2.45, 2.75) is 50.7 Å². The summed E-state index contributed by atoms with van der Waals surface area (Å²) in [5.74, 6) is 0.197. The molecule has 1 atom stereocenters. The highest BCUT2D eigenvalue weighted by atomic mass is 16.5. The van der Waals surface area contributed by atoms with Crippen molar-refractivity contribution in [2.75, 3.05) is 13.7 Å². The van der Waals surface area contributed by atoms with Gasteiger partial charge in [0.25, 0.3) is 5.91 Å². The van der Waals surface area contributed by atoms with Crippen molar-refractivity contribution < 1.29 is 19.4 Å². The van der Waals surface area contributed by atoms with E-state index in [2.05, 4.69) is 0 Å². The van der Waals surface area contributed by atoms with Crippen LogP contribution in [0.25, 0.3) is 0 Å². The summed E-state index contributed by atoms with van der Waals surface area (Å²) < 4.78 is 5.26. The number of ether oxygens (including phenoxy) is 1. The number of piperazine rings is 1. The smallest absolute Gasteiger partial charge is 0.250 e. The summed E-state index contributed by atoms with van der Waals surface area (Å²) in [6.07, 6.45) is 5.26. The summed E-state index contributed by atoms with van der Waals surface area (Å²) in [6, 6.07) is 14.0. The Hall–Kier alpha value is -3.02. The number of phenolic OH excluding ortho intramolecular Hbond substituents is 1. The molecule has 0 radical (unpaired) electrons. The molecular formula is C24H28N2O4. The lowest BCUT2D eigenvalue weighted by Crippen LogP contribution is -2.58. The number of carbonyl (C=O) groups excluding carboxylic acids is 2. The minimum Gasteiger partial charge on any atom is -0.504 e. The van der Waals surface area contributed by atoms with Crippen molar-refractivity contribution in [1.29, 1.82) is 0 Å². The molecule has 6 heteroatoms. The maximum absolute atomic E-state index is 13.7. The van der Waals surface area contributed by atoms with Gasteiger partial charge in [-0.1, -0.05) is 55.7 Å². The third-order valence-electron chi connectivity index (χ3n) is 6.19. The van der Waals surface area contributed by atoms with E-state index in [1.165, 1.54) is 19.6 Å². The van der Waals surface area contributed by atoms with E-state index in [1.807, 2.05) is 30.3 Å². The van der Waals surface area contributed by atoms with Crippen LogP contribution in [0.2, 0.25) is 0 Å². The zero-order valence-corrected chi connectivity index (χ0v) is 17.3. The van der Waals surface area contributed by atoms with E-state index in [-0.39, 0.29) is 30.2 Å². The zero-order chi connectivity index (χ0) is 21.1. The van der Waals surface area contributed by atoms with Crippen LogP contribution >= 0.6 is 0 Å². The van der Waals surface area contributed by atoms with Crippen LogP contribution < -0.4 is 4.74 Å². The second-order valence-electron chi connectivity index (χ2n) is 8.10. The van der Waals surface area contributed by atoms with Gasteiger partial charge in [0.1, 0.15) is 12.6 Å². The first kappa shape index (κ1) is 20.3. The number of aromatic hydroxyl groups is 1. The fourth-order valence-corrected chi connectivity index (χ4v) is 4.60. The summed E-state index contributed by atoms with van der Waals surface area (Å²) in [6.45, 7) is 0.486. The third kappa shape index (κ3) is 3.99. The first-order valence-corrected chi connectivity index (χ1v) is 10.6. The number of hydrogen-bond acceptors (Lipinski definition) is 4. The van der Waals surface area contributed by atoms with Gasteiger partial charge in [-0.05, 0) is 36.1 Å². The van der Waals surface area contributed by atoms with Gasteiger partial charge < -0.3 is 19.6 Å². The first-order valence-electron chi connectivity index (χ1n) is 10.6. The molecule has 2 aliphatic rings. The monoisotopic (exact) mass is 408 g/mol. The highest BCUT2D eigenvalue weighted by molar-refractivity contribution is 5.96. The van der Waals surface area contributed by atoms with Gasteiger partial charge >= 0.3 is 0 Å². The number of amides is 2. The molecule has 1 heterocycles. The zero-order valence-electron chi connectivity index (χ0n) is 17.3. The van der Waals surface area contributed by atoms with Gasteiger partial charge in [-0.3, -0.25) is 9.59 Å². The Labute approximate surface area is 177 Å². The molecule has 158 valence electrons. The van der Waals surface area contributed by atoms with Crippen LogP contribution in [0.5, 0.6) is 11.5 Å². The van der Waals surface area contributed by atoms with Crippen LogP contribution in [-0.2, 0) is 16.1 Å². The highest BCUT2D eigenvalue weighted by Gasteiger charge is 2.43. The molecule has 0 bridgehead atoms. The van der Waals surface area contributed by atoms with Crippen LogP contribution in [0.1, 0.15) is 49.3 Å². The maximum atomic E-state index is 13.7.